The van der Waals surface area contributed by atoms with E-state index >= 15 is 8.78 Å². The summed E-state index contributed by atoms with van der Waals surface area (Å²) in [7, 11) is 0. The van der Waals surface area contributed by atoms with Crippen LogP contribution >= 0.6 is 0 Å². The Hall–Kier alpha value is -2.90. The molecule has 5 aliphatic rings. The van der Waals surface area contributed by atoms with Gasteiger partial charge in [-0.3, -0.25) is 19.3 Å². The fourth-order valence-electron chi connectivity index (χ4n) is 13.8. The molecule has 15 nitrogen and oxygen atoms in total. The van der Waals surface area contributed by atoms with Crippen LogP contribution in [0.1, 0.15) is 140 Å². The van der Waals surface area contributed by atoms with E-state index in [2.05, 4.69) is 5.32 Å². The van der Waals surface area contributed by atoms with Gasteiger partial charge in [0, 0.05) is 47.7 Å². The van der Waals surface area contributed by atoms with E-state index in [9.17, 15) is 49.8 Å². The van der Waals surface area contributed by atoms with Crippen molar-refractivity contribution in [2.24, 2.45) is 46.3 Å². The molecule has 70 heavy (non-hydrogen) atoms. The van der Waals surface area contributed by atoms with Gasteiger partial charge in [-0.25, -0.2) is 13.6 Å². The molecule has 1 aliphatic heterocycles. The molecule has 400 valence electrons. The molecule has 0 bridgehead atoms. The van der Waals surface area contributed by atoms with Crippen molar-refractivity contribution >= 4 is 23.7 Å². The molecule has 0 aromatic heterocycles. The molecule has 0 amide bonds. The zero-order valence-electron chi connectivity index (χ0n) is 43.6. The van der Waals surface area contributed by atoms with E-state index in [4.69, 9.17) is 14.2 Å². The normalized spacial score (nSPS) is 45.0. The number of ether oxygens (including phenoxy) is 3. The van der Waals surface area contributed by atoms with Gasteiger partial charge in [0.25, 0.3) is 0 Å². The van der Waals surface area contributed by atoms with Crippen LogP contribution in [0.3, 0.4) is 0 Å². The predicted molar refractivity (Wildman–Crippen MR) is 257 cm³/mol. The van der Waals surface area contributed by atoms with Crippen LogP contribution < -0.4 is 5.32 Å². The molecule has 4 aliphatic carbocycles. The second-order valence-electron chi connectivity index (χ2n) is 22.8. The Morgan fingerprint density at radius 1 is 0.900 bits per heavy atom. The zero-order valence-corrected chi connectivity index (χ0v) is 43.6. The van der Waals surface area contributed by atoms with Gasteiger partial charge >= 0.3 is 17.9 Å². The van der Waals surface area contributed by atoms with Gasteiger partial charge in [0.15, 0.2) is 11.5 Å². The number of hydrogen-bond acceptors (Lipinski definition) is 15. The van der Waals surface area contributed by atoms with Crippen molar-refractivity contribution in [3.05, 3.63) is 23.8 Å². The molecular weight excluding hydrogens is 911 g/mol. The number of cyclic esters (lactones) is 1. The first-order valence-corrected chi connectivity index (χ1v) is 26.0. The monoisotopic (exact) mass is 997 g/mol. The van der Waals surface area contributed by atoms with Gasteiger partial charge in [0.1, 0.15) is 24.0 Å². The molecule has 0 spiro atoms. The van der Waals surface area contributed by atoms with Gasteiger partial charge in [0.2, 0.25) is 5.60 Å². The van der Waals surface area contributed by atoms with Crippen LogP contribution in [-0.2, 0) is 33.4 Å². The number of ketones is 1. The number of rotatable bonds is 14. The van der Waals surface area contributed by atoms with E-state index in [1.54, 1.807) is 41.5 Å². The SMILES string of the molecule is CCOC(=O)[C@@]1(OC(=O)CCNCCCCCCN2C[C@H](C)C[C@@](C)(O)[C@H](O)[C@@H](C)[C@H](O)[C@@H](C)C(=O)O[C@H](CC)[C@@](C)(O)[C@H](O)[C@H]2C)[C@H](C)CC2C3C[C@H](F)C4=CC(=O)C=C[C@]4(C)[C@@]3(F)[C@@H](O)C[C@@]21C. The van der Waals surface area contributed by atoms with E-state index in [-0.39, 0.29) is 63.2 Å². The molecule has 5 rings (SSSR count). The highest BCUT2D eigenvalue weighted by atomic mass is 19.1. The summed E-state index contributed by atoms with van der Waals surface area (Å²) < 4.78 is 51.4. The van der Waals surface area contributed by atoms with Crippen LogP contribution in [0.5, 0.6) is 0 Å². The Morgan fingerprint density at radius 2 is 1.56 bits per heavy atom. The second-order valence-corrected chi connectivity index (χ2v) is 22.8. The molecule has 4 fully saturated rings. The standard InChI is InChI=1S/C53H86F2N2O13/c1-12-41-51(11,67)45(63)34(7)57(29-30(3)27-50(10,66)44(62)32(5)43(61)33(6)46(64)69-41)23-17-15-14-16-21-56-22-19-42(60)70-53(47(65)68-13-2)31(4)24-36-37-26-39(54)38-25-35(58)18-20-48(38,8)52(37,55)40(59)28-49(36,53)9/h18,20,25,30-34,36-37,39-41,43-45,56,59,61-63,66-67H,12-17,19,21-24,26-29H2,1-11H3/t30-,31-,32+,33-,34-,36?,37?,39+,40+,41-,43+,44-,45-,48+,49+,50-,51-,52+,53+/m1/s1. The number of carbonyl (C=O) groups excluding carboxylic acids is 4. The van der Waals surface area contributed by atoms with Crippen molar-refractivity contribution in [1.82, 2.24) is 10.2 Å². The number of nitrogens with zero attached hydrogens (tertiary/aromatic N) is 1. The van der Waals surface area contributed by atoms with Crippen LogP contribution in [0.2, 0.25) is 0 Å². The highest BCUT2D eigenvalue weighted by Gasteiger charge is 2.79. The molecule has 19 atom stereocenters. The molecule has 17 heteroatoms. The van der Waals surface area contributed by atoms with Crippen molar-refractivity contribution in [2.75, 3.05) is 32.8 Å². The van der Waals surface area contributed by atoms with E-state index in [1.807, 2.05) is 11.8 Å². The van der Waals surface area contributed by atoms with Gasteiger partial charge in [-0.15, -0.1) is 0 Å². The first kappa shape index (κ1) is 58.0. The summed E-state index contributed by atoms with van der Waals surface area (Å²) in [5.74, 6) is -7.23. The quantitative estimate of drug-likeness (QED) is 0.0701. The molecule has 0 radical (unpaired) electrons. The highest BCUT2D eigenvalue weighted by molar-refractivity contribution is 6.01. The number of halogens is 2. The summed E-state index contributed by atoms with van der Waals surface area (Å²) in [5.41, 5.74) is -10.6. The summed E-state index contributed by atoms with van der Waals surface area (Å²) in [6.07, 6.45) is -1.78. The van der Waals surface area contributed by atoms with Crippen LogP contribution in [0.25, 0.3) is 0 Å². The highest BCUT2D eigenvalue weighted by Crippen LogP contribution is 2.71. The van der Waals surface area contributed by atoms with E-state index in [1.165, 1.54) is 39.8 Å². The number of alkyl halides is 2. The maximum absolute atomic E-state index is 17.8. The Labute approximate surface area is 414 Å². The zero-order chi connectivity index (χ0) is 52.5. The third-order valence-corrected chi connectivity index (χ3v) is 17.9. The predicted octanol–water partition coefficient (Wildman–Crippen LogP) is 4.85. The molecule has 3 saturated carbocycles. The molecule has 0 aromatic rings. The van der Waals surface area contributed by atoms with Gasteiger partial charge in [0.05, 0.1) is 42.9 Å². The summed E-state index contributed by atoms with van der Waals surface area (Å²) in [4.78, 5) is 55.4. The summed E-state index contributed by atoms with van der Waals surface area (Å²) in [5, 5.41) is 72.3. The Morgan fingerprint density at radius 3 is 2.20 bits per heavy atom. The number of carbonyl (C=O) groups is 4. The fraction of sp³-hybridized carbons (Fsp3) is 0.849. The lowest BCUT2D eigenvalue weighted by Crippen LogP contribution is -2.71. The van der Waals surface area contributed by atoms with E-state index in [0.29, 0.717) is 19.6 Å². The van der Waals surface area contributed by atoms with Gasteiger partial charge in [-0.05, 0) is 129 Å². The topological polar surface area (TPSA) is 233 Å². The number of esters is 3. The molecule has 1 heterocycles. The van der Waals surface area contributed by atoms with Crippen LogP contribution in [0.4, 0.5) is 8.78 Å². The number of aliphatic hydroxyl groups excluding tert-OH is 4. The summed E-state index contributed by atoms with van der Waals surface area (Å²) in [6, 6.07) is -0.608. The lowest BCUT2D eigenvalue weighted by molar-refractivity contribution is -0.239. The Balaban J connectivity index is 1.18. The van der Waals surface area contributed by atoms with Gasteiger partial charge in [-0.1, -0.05) is 53.5 Å². The number of allylic oxidation sites excluding steroid dienone is 4. The molecular formula is C53H86F2N2O13. The lowest BCUT2D eigenvalue weighted by atomic mass is 9.44. The minimum Gasteiger partial charge on any atom is -0.463 e. The molecule has 0 aromatic carbocycles. The number of nitrogens with one attached hydrogen (secondary N) is 1. The van der Waals surface area contributed by atoms with Gasteiger partial charge < -0.3 is 50.2 Å². The number of fused-ring (bicyclic) bond motifs is 5. The van der Waals surface area contributed by atoms with Crippen LogP contribution in [0, 0.1) is 46.3 Å². The van der Waals surface area contributed by atoms with Crippen molar-refractivity contribution < 1.29 is 72.8 Å². The van der Waals surface area contributed by atoms with E-state index in [0.717, 1.165) is 31.8 Å². The first-order chi connectivity index (χ1) is 32.5. The molecule has 1 saturated heterocycles. The van der Waals surface area contributed by atoms with Crippen molar-refractivity contribution in [1.29, 1.82) is 0 Å². The van der Waals surface area contributed by atoms with Crippen LogP contribution in [-0.4, -0.2) is 157 Å². The third kappa shape index (κ3) is 10.6. The van der Waals surface area contributed by atoms with Crippen molar-refractivity contribution in [3.8, 4) is 0 Å². The maximum atomic E-state index is 17.8. The fourth-order valence-corrected chi connectivity index (χ4v) is 13.8. The van der Waals surface area contributed by atoms with E-state index < -0.39 is 129 Å². The largest absolute Gasteiger partial charge is 0.463 e. The molecule has 7 N–H and O–H groups in total. The minimum absolute atomic E-state index is 0.000172. The third-order valence-electron chi connectivity index (χ3n) is 17.9. The Bertz CT molecular complexity index is 1930. The Kier molecular flexibility index (Phi) is 18.5. The second kappa shape index (κ2) is 22.3. The van der Waals surface area contributed by atoms with Gasteiger partial charge in [-0.2, -0.15) is 0 Å². The summed E-state index contributed by atoms with van der Waals surface area (Å²) >= 11 is 0. The van der Waals surface area contributed by atoms with Crippen molar-refractivity contribution in [2.45, 2.75) is 206 Å². The van der Waals surface area contributed by atoms with Crippen molar-refractivity contribution in [3.63, 3.8) is 0 Å². The lowest BCUT2D eigenvalue weighted by Gasteiger charge is -2.63. The number of aliphatic hydroxyl groups is 6. The number of hydrogen-bond donors (Lipinski definition) is 7. The summed E-state index contributed by atoms with van der Waals surface area (Å²) in [6.45, 7) is 19.8. The smallest absolute Gasteiger partial charge is 0.351 e. The maximum Gasteiger partial charge on any atom is 0.351 e. The average molecular weight is 997 g/mol. The average Bonchev–Trinajstić information content (AvgIpc) is 3.51. The number of unbranched alkanes of at least 4 members (excludes halogenated alkanes) is 3. The first-order valence-electron chi connectivity index (χ1n) is 26.0. The van der Waals surface area contributed by atoms with Crippen LogP contribution in [0.15, 0.2) is 23.8 Å². The molecule has 2 unspecified atom stereocenters. The minimum atomic E-state index is -2.36.